The molecule has 0 radical (unpaired) electrons. The lowest BCUT2D eigenvalue weighted by Gasteiger charge is -2.04. The molecule has 0 saturated heterocycles. The molecule has 1 heterocycles. The minimum absolute atomic E-state index is 0.354. The van der Waals surface area contributed by atoms with Crippen molar-refractivity contribution < 1.29 is 9.31 Å². The first-order chi connectivity index (χ1) is 7.35. The maximum Gasteiger partial charge on any atom is 0.633 e. The molecule has 0 saturated carbocycles. The summed E-state index contributed by atoms with van der Waals surface area (Å²) in [5.41, 5.74) is 0.943. The maximum atomic E-state index is 5.64. The van der Waals surface area contributed by atoms with Gasteiger partial charge in [0.15, 0.2) is 0 Å². The van der Waals surface area contributed by atoms with Crippen LogP contribution in [0.4, 0.5) is 0 Å². The van der Waals surface area contributed by atoms with Crippen LogP contribution in [0.5, 0.6) is 11.5 Å². The highest BCUT2D eigenvalue weighted by Crippen LogP contribution is 2.34. The first kappa shape index (κ1) is 10.2. The minimum atomic E-state index is -0.354. The average molecular weight is 218 g/mol. The number of benzene rings is 1. The van der Waals surface area contributed by atoms with Gasteiger partial charge < -0.3 is 9.31 Å². The van der Waals surface area contributed by atoms with E-state index >= 15 is 0 Å². The van der Waals surface area contributed by atoms with Gasteiger partial charge in [0.1, 0.15) is 11.5 Å². The van der Waals surface area contributed by atoms with Crippen molar-refractivity contribution in [3.05, 3.63) is 47.8 Å². The van der Waals surface area contributed by atoms with Gasteiger partial charge in [0.25, 0.3) is 0 Å². The summed E-state index contributed by atoms with van der Waals surface area (Å²) < 4.78 is 11.3. The van der Waals surface area contributed by atoms with Crippen LogP contribution in [0.25, 0.3) is 0 Å². The molecular weight excluding hydrogens is 207 g/mol. The van der Waals surface area contributed by atoms with Gasteiger partial charge in [0, 0.05) is 5.47 Å². The highest BCUT2D eigenvalue weighted by molar-refractivity contribution is 8.01. The number of thioether (sulfide) groups is 1. The third kappa shape index (κ3) is 2.05. The summed E-state index contributed by atoms with van der Waals surface area (Å²) in [4.78, 5) is 0. The van der Waals surface area contributed by atoms with Crippen LogP contribution in [0.1, 0.15) is 0 Å². The Morgan fingerprint density at radius 2 is 1.93 bits per heavy atom. The Labute approximate surface area is 94.1 Å². The topological polar surface area (TPSA) is 18.5 Å². The summed E-state index contributed by atoms with van der Waals surface area (Å²) in [5, 5.41) is 1.98. The lowest BCUT2D eigenvalue weighted by Crippen LogP contribution is -2.26. The van der Waals surface area contributed by atoms with Crippen molar-refractivity contribution in [2.24, 2.45) is 0 Å². The lowest BCUT2D eigenvalue weighted by atomic mass is 9.80. The van der Waals surface area contributed by atoms with Gasteiger partial charge >= 0.3 is 7.12 Å². The van der Waals surface area contributed by atoms with E-state index in [1.54, 1.807) is 17.8 Å². The molecule has 0 N–H and O–H groups in total. The summed E-state index contributed by atoms with van der Waals surface area (Å²) in [6, 6.07) is 7.65. The molecule has 1 aromatic rings. The molecule has 0 amide bonds. The van der Waals surface area contributed by atoms with Gasteiger partial charge in [0.05, 0.1) is 0 Å². The summed E-state index contributed by atoms with van der Waals surface area (Å²) >= 11 is 1.61. The monoisotopic (exact) mass is 218 g/mol. The van der Waals surface area contributed by atoms with Crippen LogP contribution < -0.4 is 9.31 Å². The summed E-state index contributed by atoms with van der Waals surface area (Å²) in [6.07, 6.45) is 3.75. The van der Waals surface area contributed by atoms with Crippen molar-refractivity contribution in [2.45, 2.75) is 0 Å². The van der Waals surface area contributed by atoms with E-state index in [1.165, 1.54) is 0 Å². The number of fused-ring (bicyclic) bond motifs is 1. The molecule has 1 aliphatic rings. The molecule has 0 unspecified atom stereocenters. The van der Waals surface area contributed by atoms with Crippen molar-refractivity contribution in [2.75, 3.05) is 6.26 Å². The van der Waals surface area contributed by atoms with E-state index in [4.69, 9.17) is 9.31 Å². The van der Waals surface area contributed by atoms with Gasteiger partial charge in [-0.3, -0.25) is 0 Å². The van der Waals surface area contributed by atoms with E-state index in [0.29, 0.717) is 0 Å². The second-order valence-electron chi connectivity index (χ2n) is 3.07. The Balaban J connectivity index is 2.19. The van der Waals surface area contributed by atoms with Gasteiger partial charge in [-0.1, -0.05) is 24.8 Å². The van der Waals surface area contributed by atoms with Crippen molar-refractivity contribution in [3.63, 3.8) is 0 Å². The Morgan fingerprint density at radius 3 is 2.40 bits per heavy atom. The minimum Gasteiger partial charge on any atom is -0.519 e. The first-order valence-electron chi connectivity index (χ1n) is 4.63. The van der Waals surface area contributed by atoms with Gasteiger partial charge in [-0.05, 0) is 23.8 Å². The van der Waals surface area contributed by atoms with E-state index in [0.717, 1.165) is 17.0 Å². The van der Waals surface area contributed by atoms with Crippen LogP contribution in [-0.2, 0) is 0 Å². The summed E-state index contributed by atoms with van der Waals surface area (Å²) in [7, 11) is -0.354. The average Bonchev–Trinajstić information content (AvgIpc) is 2.69. The van der Waals surface area contributed by atoms with Gasteiger partial charge in [0.2, 0.25) is 0 Å². The Bertz CT molecular complexity index is 378. The predicted molar refractivity (Wildman–Crippen MR) is 65.2 cm³/mol. The van der Waals surface area contributed by atoms with E-state index in [9.17, 15) is 0 Å². The number of hydrogen-bond donors (Lipinski definition) is 0. The highest BCUT2D eigenvalue weighted by Gasteiger charge is 2.34. The van der Waals surface area contributed by atoms with E-state index in [-0.39, 0.29) is 7.12 Å². The van der Waals surface area contributed by atoms with Crippen LogP contribution in [-0.4, -0.2) is 13.4 Å². The first-order valence-corrected chi connectivity index (χ1v) is 5.91. The van der Waals surface area contributed by atoms with Crippen LogP contribution in [0.15, 0.2) is 47.8 Å². The van der Waals surface area contributed by atoms with Crippen molar-refractivity contribution >= 4 is 18.9 Å². The molecule has 0 spiro atoms. The SMILES string of the molecule is C=C/C(=C\SC)B1Oc2ccccc2O1. The number of rotatable bonds is 3. The molecule has 1 aromatic carbocycles. The molecule has 76 valence electrons. The fraction of sp³-hybridized carbons (Fsp3) is 0.0909. The Morgan fingerprint density at radius 1 is 1.33 bits per heavy atom. The molecule has 15 heavy (non-hydrogen) atoms. The lowest BCUT2D eigenvalue weighted by molar-refractivity contribution is 0.513. The van der Waals surface area contributed by atoms with Crippen LogP contribution in [0, 0.1) is 0 Å². The number of para-hydroxylation sites is 2. The molecule has 2 nitrogen and oxygen atoms in total. The molecule has 0 aromatic heterocycles. The van der Waals surface area contributed by atoms with Crippen LogP contribution >= 0.6 is 11.8 Å². The van der Waals surface area contributed by atoms with Crippen LogP contribution in [0.3, 0.4) is 0 Å². The number of hydrogen-bond acceptors (Lipinski definition) is 3. The van der Waals surface area contributed by atoms with E-state index < -0.39 is 0 Å². The van der Waals surface area contributed by atoms with Crippen molar-refractivity contribution in [3.8, 4) is 11.5 Å². The van der Waals surface area contributed by atoms with E-state index in [1.807, 2.05) is 35.9 Å². The smallest absolute Gasteiger partial charge is 0.519 e. The predicted octanol–water partition coefficient (Wildman–Crippen LogP) is 2.92. The molecule has 0 bridgehead atoms. The zero-order valence-corrected chi connectivity index (χ0v) is 9.29. The second kappa shape index (κ2) is 4.49. The molecule has 0 aliphatic carbocycles. The third-order valence-corrected chi connectivity index (χ3v) is 2.59. The molecule has 2 rings (SSSR count). The molecule has 0 atom stereocenters. The van der Waals surface area contributed by atoms with Gasteiger partial charge in [-0.2, -0.15) is 0 Å². The Kier molecular flexibility index (Phi) is 3.06. The molecular formula is C11H11BO2S. The summed E-state index contributed by atoms with van der Waals surface area (Å²) in [5.74, 6) is 1.58. The van der Waals surface area contributed by atoms with E-state index in [2.05, 4.69) is 6.58 Å². The standard InChI is InChI=1S/C11H11BO2S/c1-3-9(8-15-2)12-13-10-6-4-5-7-11(10)14-12/h3-8H,1H2,2H3/b9-8+. The maximum absolute atomic E-state index is 5.64. The third-order valence-electron chi connectivity index (χ3n) is 2.08. The van der Waals surface area contributed by atoms with Crippen molar-refractivity contribution in [1.82, 2.24) is 0 Å². The number of allylic oxidation sites excluding steroid dienone is 2. The molecule has 0 fully saturated rings. The largest absolute Gasteiger partial charge is 0.633 e. The quantitative estimate of drug-likeness (QED) is 0.574. The molecule has 4 heteroatoms. The second-order valence-corrected chi connectivity index (χ2v) is 3.78. The van der Waals surface area contributed by atoms with Crippen LogP contribution in [0.2, 0.25) is 0 Å². The normalized spacial score (nSPS) is 14.2. The van der Waals surface area contributed by atoms with Gasteiger partial charge in [-0.25, -0.2) is 0 Å². The highest BCUT2D eigenvalue weighted by atomic mass is 32.2. The zero-order valence-electron chi connectivity index (χ0n) is 8.47. The molecule has 1 aliphatic heterocycles. The Hall–Kier alpha value is -1.29. The summed E-state index contributed by atoms with van der Waals surface area (Å²) in [6.45, 7) is 3.75. The zero-order chi connectivity index (χ0) is 10.7. The van der Waals surface area contributed by atoms with Crippen molar-refractivity contribution in [1.29, 1.82) is 0 Å². The van der Waals surface area contributed by atoms with Gasteiger partial charge in [-0.15, -0.1) is 11.8 Å². The fourth-order valence-electron chi connectivity index (χ4n) is 1.37. The fourth-order valence-corrected chi connectivity index (χ4v) is 1.85.